The monoisotopic (exact) mass is 304 g/mol. The lowest BCUT2D eigenvalue weighted by Crippen LogP contribution is -2.29. The summed E-state index contributed by atoms with van der Waals surface area (Å²) in [5, 5.41) is 0.612. The first-order valence-corrected chi connectivity index (χ1v) is 7.59. The van der Waals surface area contributed by atoms with Crippen LogP contribution in [0.15, 0.2) is 22.6 Å². The Labute approximate surface area is 127 Å². The van der Waals surface area contributed by atoms with E-state index in [-0.39, 0.29) is 17.3 Å². The number of carbonyl (C=O) groups excluding carboxylic acids is 1. The van der Waals surface area contributed by atoms with E-state index < -0.39 is 17.4 Å². The van der Waals surface area contributed by atoms with Crippen LogP contribution >= 0.6 is 0 Å². The highest BCUT2D eigenvalue weighted by Gasteiger charge is 2.54. The average molecular weight is 304 g/mol. The summed E-state index contributed by atoms with van der Waals surface area (Å²) in [5.41, 5.74) is 0.575. The molecule has 1 aliphatic heterocycles. The molecule has 22 heavy (non-hydrogen) atoms. The van der Waals surface area contributed by atoms with Gasteiger partial charge in [-0.25, -0.2) is 9.18 Å². The van der Waals surface area contributed by atoms with E-state index in [2.05, 4.69) is 0 Å². The molecule has 1 atom stereocenters. The minimum atomic E-state index is -0.514. The van der Waals surface area contributed by atoms with E-state index in [1.54, 1.807) is 12.1 Å². The van der Waals surface area contributed by atoms with Crippen molar-refractivity contribution < 1.29 is 23.1 Å². The van der Waals surface area contributed by atoms with Gasteiger partial charge in [0.05, 0.1) is 6.61 Å². The minimum Gasteiger partial charge on any atom is -0.453 e. The van der Waals surface area contributed by atoms with E-state index in [9.17, 15) is 9.18 Å². The molecule has 2 aromatic rings. The predicted molar refractivity (Wildman–Crippen MR) is 77.2 cm³/mol. The lowest BCUT2D eigenvalue weighted by Gasteiger charge is -2.21. The number of rotatable bonds is 3. The highest BCUT2D eigenvalue weighted by molar-refractivity contribution is 5.94. The third-order valence-electron chi connectivity index (χ3n) is 4.77. The molecule has 1 aromatic carbocycles. The summed E-state index contributed by atoms with van der Waals surface area (Å²) in [7, 11) is 0. The van der Waals surface area contributed by atoms with Gasteiger partial charge in [-0.05, 0) is 43.9 Å². The molecule has 2 fully saturated rings. The van der Waals surface area contributed by atoms with Crippen LogP contribution < -0.4 is 0 Å². The quantitative estimate of drug-likeness (QED) is 0.813. The van der Waals surface area contributed by atoms with Crippen LogP contribution in [0.25, 0.3) is 11.0 Å². The molecular formula is C17H17FO4. The van der Waals surface area contributed by atoms with Gasteiger partial charge in [-0.1, -0.05) is 6.07 Å². The van der Waals surface area contributed by atoms with E-state index in [4.69, 9.17) is 13.9 Å². The molecule has 4 nitrogen and oxygen atoms in total. The normalized spacial score (nSPS) is 22.9. The molecule has 1 saturated carbocycles. The van der Waals surface area contributed by atoms with Crippen molar-refractivity contribution in [2.24, 2.45) is 5.92 Å². The molecule has 0 amide bonds. The molecule has 0 radical (unpaired) electrons. The van der Waals surface area contributed by atoms with Crippen LogP contribution in [0, 0.1) is 18.7 Å². The molecule has 1 unspecified atom stereocenters. The maximum atomic E-state index is 13.8. The Kier molecular flexibility index (Phi) is 3.01. The molecule has 0 bridgehead atoms. The number of hydrogen-bond donors (Lipinski definition) is 0. The molecule has 4 rings (SSSR count). The Morgan fingerprint density at radius 1 is 1.41 bits per heavy atom. The zero-order chi connectivity index (χ0) is 15.3. The first-order valence-electron chi connectivity index (χ1n) is 7.59. The summed E-state index contributed by atoms with van der Waals surface area (Å²) in [6.07, 6.45) is 2.64. The second-order valence-electron chi connectivity index (χ2n) is 6.23. The van der Waals surface area contributed by atoms with E-state index in [0.717, 1.165) is 31.4 Å². The maximum Gasteiger partial charge on any atom is 0.374 e. The third kappa shape index (κ3) is 2.11. The van der Waals surface area contributed by atoms with Crippen LogP contribution in [0.5, 0.6) is 0 Å². The van der Waals surface area contributed by atoms with E-state index in [0.29, 0.717) is 12.0 Å². The highest BCUT2D eigenvalue weighted by Crippen LogP contribution is 2.49. The smallest absolute Gasteiger partial charge is 0.374 e. The minimum absolute atomic E-state index is 0.0633. The number of ether oxygens (including phenoxy) is 2. The fourth-order valence-corrected chi connectivity index (χ4v) is 3.23. The largest absolute Gasteiger partial charge is 0.453 e. The number of carbonyl (C=O) groups is 1. The Hall–Kier alpha value is -1.88. The first-order chi connectivity index (χ1) is 10.6. The summed E-state index contributed by atoms with van der Waals surface area (Å²) in [6.45, 7) is 3.21. The van der Waals surface area contributed by atoms with E-state index in [1.165, 1.54) is 6.07 Å². The molecule has 5 heteroatoms. The average Bonchev–Trinajstić information content (AvgIpc) is 2.99. The van der Waals surface area contributed by atoms with Gasteiger partial charge >= 0.3 is 5.97 Å². The Balaban J connectivity index is 1.61. The Morgan fingerprint density at radius 3 is 2.86 bits per heavy atom. The van der Waals surface area contributed by atoms with Crippen molar-refractivity contribution in [2.45, 2.75) is 31.8 Å². The predicted octanol–water partition coefficient (Wildman–Crippen LogP) is 3.61. The van der Waals surface area contributed by atoms with Crippen LogP contribution in [-0.4, -0.2) is 24.8 Å². The zero-order valence-electron chi connectivity index (χ0n) is 12.4. The van der Waals surface area contributed by atoms with Crippen LogP contribution in [0.3, 0.4) is 0 Å². The lowest BCUT2D eigenvalue weighted by atomic mass is 9.99. The van der Waals surface area contributed by atoms with Gasteiger partial charge in [-0.3, -0.25) is 0 Å². The van der Waals surface area contributed by atoms with Gasteiger partial charge in [-0.15, -0.1) is 0 Å². The number of benzene rings is 1. The summed E-state index contributed by atoms with van der Waals surface area (Å²) in [6, 6.07) is 4.58. The van der Waals surface area contributed by atoms with Crippen molar-refractivity contribution in [3.63, 3.8) is 0 Å². The number of esters is 1. The number of hydrogen-bond acceptors (Lipinski definition) is 4. The molecule has 2 heterocycles. The lowest BCUT2D eigenvalue weighted by molar-refractivity contribution is -0.00203. The van der Waals surface area contributed by atoms with E-state index in [1.807, 2.05) is 6.92 Å². The molecule has 1 aliphatic carbocycles. The standard InChI is InChI=1S/C17H17FO4/c1-10-2-3-13(18)15-12(10)8-14(21-15)16(19)22-17(5-6-17)11-4-7-20-9-11/h2-3,8,11H,4-7,9H2,1H3. The van der Waals surface area contributed by atoms with Crippen molar-refractivity contribution in [1.82, 2.24) is 0 Å². The second-order valence-corrected chi connectivity index (χ2v) is 6.23. The number of fused-ring (bicyclic) bond motifs is 1. The second kappa shape index (κ2) is 4.81. The van der Waals surface area contributed by atoms with E-state index >= 15 is 0 Å². The fraction of sp³-hybridized carbons (Fsp3) is 0.471. The molecular weight excluding hydrogens is 287 g/mol. The van der Waals surface area contributed by atoms with Crippen LogP contribution in [0.2, 0.25) is 0 Å². The number of aryl methyl sites for hydroxylation is 1. The van der Waals surface area contributed by atoms with Crippen molar-refractivity contribution in [3.8, 4) is 0 Å². The van der Waals surface area contributed by atoms with Gasteiger partial charge in [0.2, 0.25) is 5.76 Å². The van der Waals surface area contributed by atoms with Crippen molar-refractivity contribution in [1.29, 1.82) is 0 Å². The van der Waals surface area contributed by atoms with Crippen LogP contribution in [0.1, 0.15) is 35.4 Å². The SMILES string of the molecule is Cc1ccc(F)c2oc(C(=O)OC3(C4CCOC4)CC3)cc12. The first kappa shape index (κ1) is 13.8. The van der Waals surface area contributed by atoms with Crippen LogP contribution in [0.4, 0.5) is 4.39 Å². The molecule has 0 spiro atoms. The summed E-state index contributed by atoms with van der Waals surface area (Å²) in [5.74, 6) is -0.655. The molecule has 2 aliphatic rings. The summed E-state index contributed by atoms with van der Waals surface area (Å²) in [4.78, 5) is 12.4. The topological polar surface area (TPSA) is 48.7 Å². The Morgan fingerprint density at radius 2 is 2.23 bits per heavy atom. The molecule has 116 valence electrons. The number of halogens is 1. The molecule has 1 saturated heterocycles. The maximum absolute atomic E-state index is 13.8. The zero-order valence-corrected chi connectivity index (χ0v) is 12.4. The molecule has 0 N–H and O–H groups in total. The van der Waals surface area contributed by atoms with Crippen molar-refractivity contribution in [3.05, 3.63) is 35.3 Å². The van der Waals surface area contributed by atoms with Crippen molar-refractivity contribution >= 4 is 16.9 Å². The Bertz CT molecular complexity index is 699. The van der Waals surface area contributed by atoms with Gasteiger partial charge in [-0.2, -0.15) is 0 Å². The third-order valence-corrected chi connectivity index (χ3v) is 4.77. The summed E-state index contributed by atoms with van der Waals surface area (Å²) >= 11 is 0. The van der Waals surface area contributed by atoms with Crippen LogP contribution in [-0.2, 0) is 9.47 Å². The highest BCUT2D eigenvalue weighted by atomic mass is 19.1. The fourth-order valence-electron chi connectivity index (χ4n) is 3.23. The van der Waals surface area contributed by atoms with Gasteiger partial charge in [0.15, 0.2) is 11.4 Å². The van der Waals surface area contributed by atoms with Gasteiger partial charge in [0, 0.05) is 17.9 Å². The molecule has 1 aromatic heterocycles. The number of furan rings is 1. The van der Waals surface area contributed by atoms with Gasteiger partial charge in [0.25, 0.3) is 0 Å². The van der Waals surface area contributed by atoms with Crippen molar-refractivity contribution in [2.75, 3.05) is 13.2 Å². The summed E-state index contributed by atoms with van der Waals surface area (Å²) < 4.78 is 30.3. The van der Waals surface area contributed by atoms with Gasteiger partial charge < -0.3 is 13.9 Å². The van der Waals surface area contributed by atoms with Gasteiger partial charge in [0.1, 0.15) is 5.60 Å².